The molecule has 0 aliphatic rings. The molecule has 0 aliphatic heterocycles. The average Bonchev–Trinajstić information content (AvgIpc) is 2.35. The van der Waals surface area contributed by atoms with E-state index in [2.05, 4.69) is 21.1 Å². The minimum atomic E-state index is 0.612. The van der Waals surface area contributed by atoms with Crippen molar-refractivity contribution < 1.29 is 4.52 Å². The van der Waals surface area contributed by atoms with E-state index in [9.17, 15) is 0 Å². The zero-order valence-corrected chi connectivity index (χ0v) is 7.13. The molecule has 1 heterocycles. The van der Waals surface area contributed by atoms with Crippen LogP contribution in [0.4, 0.5) is 5.69 Å². The predicted molar refractivity (Wildman–Crippen MR) is 46.1 cm³/mol. The van der Waals surface area contributed by atoms with E-state index in [4.69, 9.17) is 10.3 Å². The molecule has 0 saturated carbocycles. The molecule has 0 amide bonds. The summed E-state index contributed by atoms with van der Waals surface area (Å²) >= 11 is 3.24. The number of aromatic nitrogens is 1. The summed E-state index contributed by atoms with van der Waals surface area (Å²) < 4.78 is 5.65. The smallest absolute Gasteiger partial charge is 0.190 e. The maximum absolute atomic E-state index is 5.61. The quantitative estimate of drug-likeness (QED) is 0.682. The molecule has 4 heteroatoms. The van der Waals surface area contributed by atoms with E-state index >= 15 is 0 Å². The van der Waals surface area contributed by atoms with Gasteiger partial charge in [0, 0.05) is 0 Å². The van der Waals surface area contributed by atoms with Crippen LogP contribution in [0.1, 0.15) is 0 Å². The first kappa shape index (κ1) is 6.67. The highest BCUT2D eigenvalue weighted by Crippen LogP contribution is 2.26. The summed E-state index contributed by atoms with van der Waals surface area (Å²) in [5.41, 5.74) is 6.87. The monoisotopic (exact) mass is 212 g/mol. The third-order valence-electron chi connectivity index (χ3n) is 1.48. The lowest BCUT2D eigenvalue weighted by Gasteiger charge is -1.89. The molecular formula is C7H5BrN2O. The maximum Gasteiger partial charge on any atom is 0.190 e. The summed E-state index contributed by atoms with van der Waals surface area (Å²) in [7, 11) is 0. The van der Waals surface area contributed by atoms with Crippen molar-refractivity contribution in [3.05, 3.63) is 22.8 Å². The largest absolute Gasteiger partial charge is 0.396 e. The van der Waals surface area contributed by atoms with Gasteiger partial charge in [-0.2, -0.15) is 0 Å². The number of anilines is 1. The number of fused-ring (bicyclic) bond motifs is 1. The number of nitrogen functional groups attached to an aromatic ring is 1. The molecule has 0 aliphatic carbocycles. The van der Waals surface area contributed by atoms with Crippen LogP contribution in [0.3, 0.4) is 0 Å². The van der Waals surface area contributed by atoms with E-state index in [0.717, 1.165) is 5.39 Å². The molecule has 2 N–H and O–H groups in total. The molecule has 0 bridgehead atoms. The first-order valence-corrected chi connectivity index (χ1v) is 3.87. The third-order valence-corrected chi connectivity index (χ3v) is 2.06. The van der Waals surface area contributed by atoms with Gasteiger partial charge in [-0.15, -0.1) is 0 Å². The van der Waals surface area contributed by atoms with Crippen LogP contribution in [-0.2, 0) is 0 Å². The van der Waals surface area contributed by atoms with Crippen molar-refractivity contribution in [1.29, 1.82) is 0 Å². The molecule has 0 spiro atoms. The Morgan fingerprint density at radius 1 is 1.45 bits per heavy atom. The van der Waals surface area contributed by atoms with Gasteiger partial charge in [-0.05, 0) is 28.1 Å². The molecule has 0 saturated heterocycles. The van der Waals surface area contributed by atoms with Crippen LogP contribution in [0.5, 0.6) is 0 Å². The van der Waals surface area contributed by atoms with E-state index in [0.29, 0.717) is 15.9 Å². The Morgan fingerprint density at radius 3 is 3.00 bits per heavy atom. The van der Waals surface area contributed by atoms with Gasteiger partial charge < -0.3 is 10.3 Å². The summed E-state index contributed by atoms with van der Waals surface area (Å²) in [6.45, 7) is 0. The summed E-state index contributed by atoms with van der Waals surface area (Å²) in [4.78, 5) is 0. The molecule has 1 aromatic carbocycles. The zero-order valence-electron chi connectivity index (χ0n) is 5.54. The number of hydrogen-bond acceptors (Lipinski definition) is 3. The Bertz CT molecular complexity index is 396. The number of halogens is 1. The van der Waals surface area contributed by atoms with Gasteiger partial charge in [0.15, 0.2) is 10.2 Å². The molecular weight excluding hydrogens is 208 g/mol. The lowest BCUT2D eigenvalue weighted by Crippen LogP contribution is -1.82. The van der Waals surface area contributed by atoms with Crippen molar-refractivity contribution in [2.75, 3.05) is 5.73 Å². The molecule has 0 atom stereocenters. The average molecular weight is 213 g/mol. The molecule has 0 fully saturated rings. The van der Waals surface area contributed by atoms with Gasteiger partial charge >= 0.3 is 0 Å². The van der Waals surface area contributed by atoms with Crippen molar-refractivity contribution >= 4 is 32.6 Å². The Hall–Kier alpha value is -1.03. The van der Waals surface area contributed by atoms with E-state index in [-0.39, 0.29) is 0 Å². The lowest BCUT2D eigenvalue weighted by atomic mass is 10.2. The number of nitrogens with two attached hydrogens (primary N) is 1. The van der Waals surface area contributed by atoms with Crippen molar-refractivity contribution in [2.45, 2.75) is 0 Å². The van der Waals surface area contributed by atoms with Gasteiger partial charge in [0.1, 0.15) is 0 Å². The van der Waals surface area contributed by atoms with Gasteiger partial charge in [0.05, 0.1) is 11.1 Å². The normalized spacial score (nSPS) is 10.6. The summed E-state index contributed by atoms with van der Waals surface area (Å²) in [6, 6.07) is 5.53. The Kier molecular flexibility index (Phi) is 1.35. The van der Waals surface area contributed by atoms with Crippen LogP contribution in [-0.4, -0.2) is 5.16 Å². The summed E-state index contributed by atoms with van der Waals surface area (Å²) in [5, 5.41) is 4.63. The van der Waals surface area contributed by atoms with E-state index in [1.54, 1.807) is 6.07 Å². The first-order chi connectivity index (χ1) is 5.29. The van der Waals surface area contributed by atoms with E-state index < -0.39 is 0 Å². The molecule has 2 rings (SSSR count). The fraction of sp³-hybridized carbons (Fsp3) is 0. The molecule has 0 radical (unpaired) electrons. The number of benzene rings is 1. The van der Waals surface area contributed by atoms with Gasteiger partial charge in [-0.25, -0.2) is 0 Å². The van der Waals surface area contributed by atoms with E-state index in [1.165, 1.54) is 0 Å². The van der Waals surface area contributed by atoms with Crippen molar-refractivity contribution in [2.24, 2.45) is 0 Å². The fourth-order valence-electron chi connectivity index (χ4n) is 0.954. The van der Waals surface area contributed by atoms with Gasteiger partial charge in [-0.3, -0.25) is 0 Å². The van der Waals surface area contributed by atoms with Crippen molar-refractivity contribution in [3.63, 3.8) is 0 Å². The lowest BCUT2D eigenvalue weighted by molar-refractivity contribution is 0.452. The molecule has 11 heavy (non-hydrogen) atoms. The third kappa shape index (κ3) is 0.903. The maximum atomic E-state index is 5.61. The Morgan fingerprint density at radius 2 is 2.27 bits per heavy atom. The minimum Gasteiger partial charge on any atom is -0.396 e. The van der Waals surface area contributed by atoms with Crippen molar-refractivity contribution in [1.82, 2.24) is 5.16 Å². The highest BCUT2D eigenvalue weighted by molar-refractivity contribution is 9.10. The molecule has 1 aromatic heterocycles. The predicted octanol–water partition coefficient (Wildman–Crippen LogP) is 2.17. The highest BCUT2D eigenvalue weighted by atomic mass is 79.9. The molecule has 56 valence electrons. The number of para-hydroxylation sites is 1. The van der Waals surface area contributed by atoms with Gasteiger partial charge in [0.2, 0.25) is 0 Å². The van der Waals surface area contributed by atoms with Crippen LogP contribution >= 0.6 is 15.9 Å². The second-order valence-electron chi connectivity index (χ2n) is 2.20. The summed E-state index contributed by atoms with van der Waals surface area (Å²) in [5.74, 6) is 0. The number of rotatable bonds is 0. The van der Waals surface area contributed by atoms with E-state index in [1.807, 2.05) is 12.1 Å². The topological polar surface area (TPSA) is 52.0 Å². The first-order valence-electron chi connectivity index (χ1n) is 3.08. The van der Waals surface area contributed by atoms with Gasteiger partial charge in [-0.1, -0.05) is 11.2 Å². The Balaban J connectivity index is 2.94. The second kappa shape index (κ2) is 2.23. The Labute approximate surface area is 71.3 Å². The van der Waals surface area contributed by atoms with Crippen LogP contribution in [0, 0.1) is 0 Å². The fourth-order valence-corrected chi connectivity index (χ4v) is 1.34. The minimum absolute atomic E-state index is 0.612. The SMILES string of the molecule is Nc1cccc2c(Br)noc12. The van der Waals surface area contributed by atoms with Crippen LogP contribution < -0.4 is 5.73 Å². The molecule has 0 unspecified atom stereocenters. The van der Waals surface area contributed by atoms with Crippen molar-refractivity contribution in [3.8, 4) is 0 Å². The summed E-state index contributed by atoms with van der Waals surface area (Å²) in [6.07, 6.45) is 0. The van der Waals surface area contributed by atoms with Crippen LogP contribution in [0.2, 0.25) is 0 Å². The number of nitrogens with zero attached hydrogens (tertiary/aromatic N) is 1. The van der Waals surface area contributed by atoms with Crippen LogP contribution in [0.25, 0.3) is 11.0 Å². The standard InChI is InChI=1S/C7H5BrN2O/c8-7-4-2-1-3-5(9)6(4)11-10-7/h1-3H,9H2. The molecule has 3 nitrogen and oxygen atoms in total. The highest BCUT2D eigenvalue weighted by Gasteiger charge is 2.06. The zero-order chi connectivity index (χ0) is 7.84. The number of hydrogen-bond donors (Lipinski definition) is 1. The van der Waals surface area contributed by atoms with Gasteiger partial charge in [0.25, 0.3) is 0 Å². The molecule has 2 aromatic rings. The second-order valence-corrected chi connectivity index (χ2v) is 2.95. The van der Waals surface area contributed by atoms with Crippen LogP contribution in [0.15, 0.2) is 27.3 Å².